The number of nitrogens with two attached hydrogens (primary N) is 1. The first kappa shape index (κ1) is 13.2. The summed E-state index contributed by atoms with van der Waals surface area (Å²) in [5, 5.41) is 2.12. The number of carbonyl (C=O) groups is 2. The van der Waals surface area contributed by atoms with E-state index < -0.39 is 17.9 Å². The van der Waals surface area contributed by atoms with Crippen LogP contribution in [-0.2, 0) is 16.1 Å². The minimum atomic E-state index is -0.751. The molecule has 1 aromatic carbocycles. The third-order valence-corrected chi connectivity index (χ3v) is 2.24. The van der Waals surface area contributed by atoms with Crippen molar-refractivity contribution < 1.29 is 14.3 Å². The van der Waals surface area contributed by atoms with Gasteiger partial charge in [0.25, 0.3) is 0 Å². The zero-order chi connectivity index (χ0) is 12.7. The number of hydrogen-bond acceptors (Lipinski definition) is 4. The Kier molecular flexibility index (Phi) is 5.16. The molecule has 0 fully saturated rings. The van der Waals surface area contributed by atoms with Gasteiger partial charge in [-0.25, -0.2) is 4.79 Å². The Labute approximate surface area is 99.9 Å². The summed E-state index contributed by atoms with van der Waals surface area (Å²) in [6, 6.07) is 9.22. The summed E-state index contributed by atoms with van der Waals surface area (Å²) in [6.45, 7) is 1.97. The molecule has 0 heterocycles. The highest BCUT2D eigenvalue weighted by molar-refractivity contribution is 5.92. The fraction of sp³-hybridized carbons (Fsp3) is 0.333. The monoisotopic (exact) mass is 236 g/mol. The van der Waals surface area contributed by atoms with Crippen molar-refractivity contribution in [3.8, 4) is 0 Å². The molecule has 5 nitrogen and oxygen atoms in total. The maximum Gasteiger partial charge on any atom is 0.414 e. The second-order valence-electron chi connectivity index (χ2n) is 3.69. The van der Waals surface area contributed by atoms with Crippen LogP contribution in [0.2, 0.25) is 0 Å². The molecule has 2 amide bonds. The molecule has 92 valence electrons. The predicted octanol–water partition coefficient (Wildman–Crippen LogP) is 1.03. The lowest BCUT2D eigenvalue weighted by atomic mass is 10.2. The summed E-state index contributed by atoms with van der Waals surface area (Å²) < 4.78 is 4.88. The third kappa shape index (κ3) is 4.65. The number of carbonyl (C=O) groups excluding carboxylic acids is 2. The zero-order valence-corrected chi connectivity index (χ0v) is 9.68. The smallest absolute Gasteiger partial charge is 0.414 e. The van der Waals surface area contributed by atoms with E-state index in [0.717, 1.165) is 5.56 Å². The van der Waals surface area contributed by atoms with Gasteiger partial charge in [-0.3, -0.25) is 10.1 Å². The van der Waals surface area contributed by atoms with E-state index in [9.17, 15) is 9.59 Å². The lowest BCUT2D eigenvalue weighted by Gasteiger charge is -2.09. The highest BCUT2D eigenvalue weighted by Gasteiger charge is 2.14. The van der Waals surface area contributed by atoms with E-state index in [1.54, 1.807) is 6.92 Å². The van der Waals surface area contributed by atoms with Crippen molar-refractivity contribution in [2.75, 3.05) is 6.54 Å². The molecule has 0 spiro atoms. The van der Waals surface area contributed by atoms with Gasteiger partial charge in [-0.15, -0.1) is 0 Å². The van der Waals surface area contributed by atoms with Gasteiger partial charge in [-0.1, -0.05) is 37.3 Å². The molecule has 0 aromatic heterocycles. The summed E-state index contributed by atoms with van der Waals surface area (Å²) in [5.74, 6) is -0.829. The summed E-state index contributed by atoms with van der Waals surface area (Å²) >= 11 is 0. The minimum Gasteiger partial charge on any atom is -0.444 e. The third-order valence-electron chi connectivity index (χ3n) is 2.24. The topological polar surface area (TPSA) is 81.4 Å². The van der Waals surface area contributed by atoms with E-state index >= 15 is 0 Å². The Morgan fingerprint density at radius 1 is 1.35 bits per heavy atom. The van der Waals surface area contributed by atoms with Crippen LogP contribution in [0, 0.1) is 5.92 Å². The number of nitrogens with one attached hydrogen (secondary N) is 1. The van der Waals surface area contributed by atoms with Crippen LogP contribution in [0.15, 0.2) is 30.3 Å². The quantitative estimate of drug-likeness (QED) is 0.818. The fourth-order valence-electron chi connectivity index (χ4n) is 1.09. The first-order chi connectivity index (χ1) is 8.13. The molecule has 1 unspecified atom stereocenters. The first-order valence-corrected chi connectivity index (χ1v) is 5.35. The molecule has 0 aliphatic rings. The van der Waals surface area contributed by atoms with Crippen LogP contribution in [0.25, 0.3) is 0 Å². The molecule has 5 heteroatoms. The Balaban J connectivity index is 2.33. The molecular formula is C12H16N2O3. The predicted molar refractivity (Wildman–Crippen MR) is 63.0 cm³/mol. The number of alkyl carbamates (subject to hydrolysis) is 1. The number of imide groups is 1. The largest absolute Gasteiger partial charge is 0.444 e. The van der Waals surface area contributed by atoms with E-state index in [-0.39, 0.29) is 13.2 Å². The Morgan fingerprint density at radius 2 is 2.00 bits per heavy atom. The average Bonchev–Trinajstić information content (AvgIpc) is 2.36. The van der Waals surface area contributed by atoms with Crippen molar-refractivity contribution in [3.05, 3.63) is 35.9 Å². The normalized spacial score (nSPS) is 11.6. The number of amides is 2. The van der Waals surface area contributed by atoms with E-state index in [4.69, 9.17) is 10.5 Å². The molecule has 0 saturated carbocycles. The van der Waals surface area contributed by atoms with Gasteiger partial charge in [0.2, 0.25) is 5.91 Å². The zero-order valence-electron chi connectivity index (χ0n) is 9.68. The van der Waals surface area contributed by atoms with Crippen molar-refractivity contribution in [3.63, 3.8) is 0 Å². The van der Waals surface area contributed by atoms with Gasteiger partial charge in [0.05, 0.1) is 0 Å². The van der Waals surface area contributed by atoms with Crippen LogP contribution in [-0.4, -0.2) is 18.5 Å². The molecule has 1 rings (SSSR count). The van der Waals surface area contributed by atoms with Crippen molar-refractivity contribution in [1.29, 1.82) is 0 Å². The Morgan fingerprint density at radius 3 is 2.59 bits per heavy atom. The molecule has 1 aromatic rings. The molecule has 0 aliphatic heterocycles. The summed E-state index contributed by atoms with van der Waals surface area (Å²) in [7, 11) is 0. The maximum atomic E-state index is 11.3. The van der Waals surface area contributed by atoms with E-state index in [1.807, 2.05) is 30.3 Å². The molecule has 17 heavy (non-hydrogen) atoms. The number of hydrogen-bond donors (Lipinski definition) is 2. The second kappa shape index (κ2) is 6.65. The highest BCUT2D eigenvalue weighted by atomic mass is 16.5. The number of rotatable bonds is 4. The van der Waals surface area contributed by atoms with E-state index in [1.165, 1.54) is 0 Å². The lowest BCUT2D eigenvalue weighted by molar-refractivity contribution is -0.123. The van der Waals surface area contributed by atoms with Gasteiger partial charge in [-0.2, -0.15) is 0 Å². The van der Waals surface area contributed by atoms with Gasteiger partial charge in [0.1, 0.15) is 6.61 Å². The fourth-order valence-corrected chi connectivity index (χ4v) is 1.09. The van der Waals surface area contributed by atoms with Gasteiger partial charge in [0.15, 0.2) is 0 Å². The standard InChI is InChI=1S/C12H16N2O3/c1-9(7-13)11(15)14-12(16)17-8-10-5-3-2-4-6-10/h2-6,9H,7-8,13H2,1H3,(H,14,15,16). The van der Waals surface area contributed by atoms with Crippen molar-refractivity contribution >= 4 is 12.0 Å². The molecule has 0 radical (unpaired) electrons. The Bertz CT molecular complexity index is 379. The van der Waals surface area contributed by atoms with Gasteiger partial charge in [0, 0.05) is 12.5 Å². The van der Waals surface area contributed by atoms with E-state index in [2.05, 4.69) is 5.32 Å². The van der Waals surface area contributed by atoms with Crippen LogP contribution in [0.4, 0.5) is 4.79 Å². The number of benzene rings is 1. The first-order valence-electron chi connectivity index (χ1n) is 5.35. The Hall–Kier alpha value is -1.88. The molecule has 0 aliphatic carbocycles. The lowest BCUT2D eigenvalue weighted by Crippen LogP contribution is -2.37. The molecule has 0 saturated heterocycles. The molecular weight excluding hydrogens is 220 g/mol. The maximum absolute atomic E-state index is 11.3. The summed E-state index contributed by atoms with van der Waals surface area (Å²) in [4.78, 5) is 22.6. The van der Waals surface area contributed by atoms with Gasteiger partial charge in [-0.05, 0) is 5.56 Å². The summed E-state index contributed by atoms with van der Waals surface area (Å²) in [5.41, 5.74) is 6.16. The van der Waals surface area contributed by atoms with Crippen LogP contribution in [0.1, 0.15) is 12.5 Å². The van der Waals surface area contributed by atoms with E-state index in [0.29, 0.717) is 0 Å². The van der Waals surface area contributed by atoms with Crippen LogP contribution >= 0.6 is 0 Å². The van der Waals surface area contributed by atoms with Crippen LogP contribution in [0.5, 0.6) is 0 Å². The highest BCUT2D eigenvalue weighted by Crippen LogP contribution is 2.00. The molecule has 3 N–H and O–H groups in total. The molecule has 0 bridgehead atoms. The van der Waals surface area contributed by atoms with Crippen LogP contribution in [0.3, 0.4) is 0 Å². The second-order valence-corrected chi connectivity index (χ2v) is 3.69. The van der Waals surface area contributed by atoms with Gasteiger partial charge >= 0.3 is 6.09 Å². The number of ether oxygens (including phenoxy) is 1. The summed E-state index contributed by atoms with van der Waals surface area (Å²) in [6.07, 6.45) is -0.751. The average molecular weight is 236 g/mol. The minimum absolute atomic E-state index is 0.136. The van der Waals surface area contributed by atoms with Crippen molar-refractivity contribution in [1.82, 2.24) is 5.32 Å². The van der Waals surface area contributed by atoms with Crippen molar-refractivity contribution in [2.24, 2.45) is 11.7 Å². The van der Waals surface area contributed by atoms with Crippen LogP contribution < -0.4 is 11.1 Å². The SMILES string of the molecule is CC(CN)C(=O)NC(=O)OCc1ccccc1. The van der Waals surface area contributed by atoms with Gasteiger partial charge < -0.3 is 10.5 Å². The van der Waals surface area contributed by atoms with Crippen molar-refractivity contribution in [2.45, 2.75) is 13.5 Å². The molecule has 1 atom stereocenters.